The summed E-state index contributed by atoms with van der Waals surface area (Å²) in [7, 11) is 2.10. The van der Waals surface area contributed by atoms with Gasteiger partial charge in [0.2, 0.25) is 11.7 Å². The summed E-state index contributed by atoms with van der Waals surface area (Å²) in [5.41, 5.74) is 8.28. The van der Waals surface area contributed by atoms with E-state index in [1.807, 2.05) is 18.2 Å². The number of halogens is 1. The molecule has 2 unspecified atom stereocenters. The van der Waals surface area contributed by atoms with Crippen LogP contribution in [0.15, 0.2) is 22.6 Å². The van der Waals surface area contributed by atoms with E-state index < -0.39 is 5.79 Å². The number of oxazole rings is 1. The molecule has 7 heteroatoms. The number of nitrogens with two attached hydrogens (primary N) is 1. The van der Waals surface area contributed by atoms with Crippen LogP contribution in [-0.2, 0) is 5.79 Å². The van der Waals surface area contributed by atoms with Crippen LogP contribution in [0.3, 0.4) is 0 Å². The van der Waals surface area contributed by atoms with Gasteiger partial charge in [0.1, 0.15) is 5.52 Å². The molecule has 1 aromatic carbocycles. The fourth-order valence-corrected chi connectivity index (χ4v) is 5.05. The normalized spacial score (nSPS) is 39.3. The first kappa shape index (κ1) is 15.1. The highest BCUT2D eigenvalue weighted by molar-refractivity contribution is 6.31. The van der Waals surface area contributed by atoms with E-state index in [9.17, 15) is 0 Å². The van der Waals surface area contributed by atoms with Crippen LogP contribution in [0.25, 0.3) is 11.1 Å². The summed E-state index contributed by atoms with van der Waals surface area (Å²) in [6.45, 7) is 4.34. The fourth-order valence-electron chi connectivity index (χ4n) is 4.88. The lowest BCUT2D eigenvalue weighted by atomic mass is 9.72. The standard InChI is InChI=1S/C17H22ClN5O/c1-22-16(10-23-6-4-11(16)5-7-23)9-20-17(22,19)15-21-13-8-12(18)2-3-14(13)24-15/h2-3,8,11,20H,4-7,9-10,19H2,1H3. The molecule has 0 amide bonds. The summed E-state index contributed by atoms with van der Waals surface area (Å²) in [6.07, 6.45) is 2.48. The molecule has 0 radical (unpaired) electrons. The lowest BCUT2D eigenvalue weighted by Gasteiger charge is -2.55. The molecule has 2 atom stereocenters. The molecule has 4 aliphatic rings. The Labute approximate surface area is 145 Å². The van der Waals surface area contributed by atoms with E-state index in [2.05, 4.69) is 27.1 Å². The quantitative estimate of drug-likeness (QED) is 0.815. The molecule has 0 aliphatic carbocycles. The third-order valence-electron chi connectivity index (χ3n) is 6.38. The van der Waals surface area contributed by atoms with Crippen molar-refractivity contribution < 1.29 is 4.42 Å². The Hall–Kier alpha value is -1.18. The van der Waals surface area contributed by atoms with Crippen molar-refractivity contribution in [1.29, 1.82) is 0 Å². The van der Waals surface area contributed by atoms with Gasteiger partial charge in [-0.05, 0) is 57.1 Å². The molecule has 2 aromatic rings. The van der Waals surface area contributed by atoms with Crippen LogP contribution in [0, 0.1) is 5.92 Å². The highest BCUT2D eigenvalue weighted by atomic mass is 35.5. The van der Waals surface area contributed by atoms with E-state index >= 15 is 0 Å². The van der Waals surface area contributed by atoms with Crippen LogP contribution in [-0.4, -0.2) is 53.5 Å². The Balaban J connectivity index is 1.55. The van der Waals surface area contributed by atoms with Gasteiger partial charge in [-0.3, -0.25) is 16.0 Å². The Kier molecular flexibility index (Phi) is 3.10. The van der Waals surface area contributed by atoms with Gasteiger partial charge in [0.15, 0.2) is 5.58 Å². The summed E-state index contributed by atoms with van der Waals surface area (Å²) in [5, 5.41) is 4.16. The lowest BCUT2D eigenvalue weighted by molar-refractivity contribution is -0.0709. The van der Waals surface area contributed by atoms with Crippen molar-refractivity contribution >= 4 is 22.7 Å². The zero-order valence-corrected chi connectivity index (χ0v) is 14.5. The molecular weight excluding hydrogens is 326 g/mol. The minimum atomic E-state index is -0.885. The van der Waals surface area contributed by atoms with Crippen LogP contribution in [0.1, 0.15) is 18.7 Å². The van der Waals surface area contributed by atoms with Crippen LogP contribution in [0.2, 0.25) is 5.02 Å². The van der Waals surface area contributed by atoms with Gasteiger partial charge in [0.25, 0.3) is 0 Å². The fraction of sp³-hybridized carbons (Fsp3) is 0.588. The molecule has 6 nitrogen and oxygen atoms in total. The first-order valence-electron chi connectivity index (χ1n) is 8.58. The molecular formula is C17H22ClN5O. The van der Waals surface area contributed by atoms with Crippen molar-refractivity contribution in [3.63, 3.8) is 0 Å². The van der Waals surface area contributed by atoms with Gasteiger partial charge in [-0.25, -0.2) is 4.98 Å². The van der Waals surface area contributed by atoms with E-state index in [0.29, 0.717) is 22.4 Å². The van der Waals surface area contributed by atoms with Crippen molar-refractivity contribution in [1.82, 2.24) is 20.1 Å². The second kappa shape index (κ2) is 4.93. The molecule has 0 saturated carbocycles. The van der Waals surface area contributed by atoms with Crippen molar-refractivity contribution in [3.8, 4) is 0 Å². The topological polar surface area (TPSA) is 70.6 Å². The van der Waals surface area contributed by atoms with E-state index in [1.54, 1.807) is 0 Å². The molecule has 6 rings (SSSR count). The van der Waals surface area contributed by atoms with Crippen molar-refractivity contribution in [2.45, 2.75) is 24.2 Å². The number of hydrogen-bond acceptors (Lipinski definition) is 6. The van der Waals surface area contributed by atoms with Crippen molar-refractivity contribution in [2.75, 3.05) is 33.2 Å². The summed E-state index contributed by atoms with van der Waals surface area (Å²) in [5.74, 6) is 0.296. The predicted molar refractivity (Wildman–Crippen MR) is 92.5 cm³/mol. The molecule has 24 heavy (non-hydrogen) atoms. The maximum absolute atomic E-state index is 6.77. The van der Waals surface area contributed by atoms with Gasteiger partial charge in [-0.2, -0.15) is 0 Å². The third kappa shape index (κ3) is 1.89. The van der Waals surface area contributed by atoms with E-state index in [-0.39, 0.29) is 5.54 Å². The first-order chi connectivity index (χ1) is 11.5. The Morgan fingerprint density at radius 1 is 1.38 bits per heavy atom. The second-order valence-corrected chi connectivity index (χ2v) is 7.90. The lowest BCUT2D eigenvalue weighted by Crippen LogP contribution is -2.68. The molecule has 3 N–H and O–H groups in total. The van der Waals surface area contributed by atoms with Gasteiger partial charge >= 0.3 is 0 Å². The predicted octanol–water partition coefficient (Wildman–Crippen LogP) is 1.55. The number of hydrogen-bond donors (Lipinski definition) is 2. The highest BCUT2D eigenvalue weighted by Gasteiger charge is 2.60. The highest BCUT2D eigenvalue weighted by Crippen LogP contribution is 2.45. The Morgan fingerprint density at radius 3 is 2.88 bits per heavy atom. The van der Waals surface area contributed by atoms with E-state index in [0.717, 1.165) is 18.6 Å². The Morgan fingerprint density at radius 2 is 2.17 bits per heavy atom. The van der Waals surface area contributed by atoms with Crippen LogP contribution >= 0.6 is 11.6 Å². The minimum Gasteiger partial charge on any atom is -0.436 e. The molecule has 1 spiro atoms. The number of likely N-dealkylation sites (N-methyl/N-ethyl adjacent to an activating group) is 1. The number of nitrogens with one attached hydrogen (secondary N) is 1. The molecule has 5 heterocycles. The summed E-state index contributed by atoms with van der Waals surface area (Å²) in [6, 6.07) is 5.46. The largest absolute Gasteiger partial charge is 0.436 e. The monoisotopic (exact) mass is 347 g/mol. The average molecular weight is 348 g/mol. The Bertz CT molecular complexity index is 801. The van der Waals surface area contributed by atoms with Crippen LogP contribution in [0.5, 0.6) is 0 Å². The number of benzene rings is 1. The van der Waals surface area contributed by atoms with Gasteiger partial charge < -0.3 is 9.32 Å². The summed E-state index contributed by atoms with van der Waals surface area (Å²) >= 11 is 6.07. The van der Waals surface area contributed by atoms with Gasteiger partial charge in [0, 0.05) is 18.1 Å². The third-order valence-corrected chi connectivity index (χ3v) is 6.62. The van der Waals surface area contributed by atoms with Crippen molar-refractivity contribution in [3.05, 3.63) is 29.1 Å². The smallest absolute Gasteiger partial charge is 0.246 e. The summed E-state index contributed by atoms with van der Waals surface area (Å²) in [4.78, 5) is 9.44. The van der Waals surface area contributed by atoms with Gasteiger partial charge in [-0.1, -0.05) is 11.6 Å². The zero-order chi connectivity index (χ0) is 16.5. The average Bonchev–Trinajstić information content (AvgIpc) is 3.12. The molecule has 1 aromatic heterocycles. The maximum atomic E-state index is 6.77. The minimum absolute atomic E-state index is 0.0591. The second-order valence-electron chi connectivity index (χ2n) is 7.46. The molecule has 2 bridgehead atoms. The number of aromatic nitrogens is 1. The maximum Gasteiger partial charge on any atom is 0.246 e. The van der Waals surface area contributed by atoms with E-state index in [4.69, 9.17) is 21.8 Å². The SMILES string of the molecule is CN1C(N)(c2nc3cc(Cl)ccc3o2)NCC12CN1CCC2CC1. The number of piperidine rings is 3. The zero-order valence-electron chi connectivity index (χ0n) is 13.8. The number of nitrogens with zero attached hydrogens (tertiary/aromatic N) is 3. The first-order valence-corrected chi connectivity index (χ1v) is 8.96. The number of rotatable bonds is 1. The summed E-state index contributed by atoms with van der Waals surface area (Å²) < 4.78 is 5.98. The molecule has 128 valence electrons. The molecule has 4 saturated heterocycles. The van der Waals surface area contributed by atoms with E-state index in [1.165, 1.54) is 25.9 Å². The number of fused-ring (bicyclic) bond motifs is 3. The molecule has 4 aliphatic heterocycles. The molecule has 4 fully saturated rings. The van der Waals surface area contributed by atoms with Gasteiger partial charge in [-0.15, -0.1) is 0 Å². The van der Waals surface area contributed by atoms with Crippen LogP contribution < -0.4 is 11.1 Å². The van der Waals surface area contributed by atoms with Crippen molar-refractivity contribution in [2.24, 2.45) is 11.7 Å². The van der Waals surface area contributed by atoms with Crippen LogP contribution in [0.4, 0.5) is 0 Å². The van der Waals surface area contributed by atoms with Gasteiger partial charge in [0.05, 0.1) is 5.54 Å².